The number of hydrogen-bond donors (Lipinski definition) is 4. The van der Waals surface area contributed by atoms with E-state index in [1.54, 1.807) is 14.2 Å². The molecule has 0 aliphatic carbocycles. The molecule has 1 saturated heterocycles. The van der Waals surface area contributed by atoms with E-state index in [0.717, 1.165) is 11.5 Å². The van der Waals surface area contributed by atoms with Crippen LogP contribution in [0, 0.1) is 0 Å². The summed E-state index contributed by atoms with van der Waals surface area (Å²) in [5, 5.41) is 2.87. The molecule has 0 amide bonds. The molecular formula is C14H18O8P2S4. The van der Waals surface area contributed by atoms with Gasteiger partial charge in [-0.2, -0.15) is 8.42 Å². The van der Waals surface area contributed by atoms with Crippen molar-refractivity contribution >= 4 is 68.0 Å². The zero-order valence-corrected chi connectivity index (χ0v) is 19.6. The van der Waals surface area contributed by atoms with Crippen LogP contribution in [0.25, 0.3) is 0 Å². The van der Waals surface area contributed by atoms with Crippen molar-refractivity contribution in [3.8, 4) is 11.5 Å². The Morgan fingerprint density at radius 3 is 1.14 bits per heavy atom. The zero-order chi connectivity index (χ0) is 21.1. The Labute approximate surface area is 177 Å². The Bertz CT molecular complexity index is 685. The molecule has 1 aliphatic rings. The van der Waals surface area contributed by atoms with Crippen LogP contribution >= 0.6 is 34.7 Å². The molecule has 0 spiro atoms. The second kappa shape index (κ2) is 13.9. The largest absolute Gasteiger partial charge is 0.497 e. The van der Waals surface area contributed by atoms with Gasteiger partial charge in [0.05, 0.1) is 26.9 Å². The maximum atomic E-state index is 8.67. The van der Waals surface area contributed by atoms with E-state index in [4.69, 9.17) is 36.1 Å². The fourth-order valence-corrected chi connectivity index (χ4v) is 17.9. The molecule has 28 heavy (non-hydrogen) atoms. The molecule has 14 heteroatoms. The minimum atomic E-state index is -2.61. The lowest BCUT2D eigenvalue weighted by molar-refractivity contribution is 0.415. The van der Waals surface area contributed by atoms with Gasteiger partial charge >= 0.3 is 0 Å². The first-order valence-electron chi connectivity index (χ1n) is 7.11. The van der Waals surface area contributed by atoms with E-state index in [2.05, 4.69) is 46.3 Å². The van der Waals surface area contributed by atoms with Crippen LogP contribution in [0.3, 0.4) is 0 Å². The van der Waals surface area contributed by atoms with Crippen LogP contribution < -0.4 is 20.1 Å². The van der Waals surface area contributed by atoms with Gasteiger partial charge in [-0.1, -0.05) is 22.0 Å². The lowest BCUT2D eigenvalue weighted by Gasteiger charge is -2.33. The first-order chi connectivity index (χ1) is 13.3. The van der Waals surface area contributed by atoms with E-state index >= 15 is 0 Å². The molecule has 1 aliphatic heterocycles. The summed E-state index contributed by atoms with van der Waals surface area (Å²) in [6.45, 7) is 0. The highest BCUT2D eigenvalue weighted by atomic mass is 33.6. The molecule has 2 aromatic rings. The van der Waals surface area contributed by atoms with Crippen LogP contribution in [0.1, 0.15) is 0 Å². The molecule has 0 unspecified atom stereocenters. The van der Waals surface area contributed by atoms with Gasteiger partial charge in [-0.25, -0.2) is 0 Å². The maximum absolute atomic E-state index is 8.67. The summed E-state index contributed by atoms with van der Waals surface area (Å²) < 4.78 is 56.1. The fraction of sp³-hybridized carbons (Fsp3) is 0.143. The molecule has 1 fully saturated rings. The van der Waals surface area contributed by atoms with Gasteiger partial charge in [-0.3, -0.25) is 18.2 Å². The van der Waals surface area contributed by atoms with Gasteiger partial charge < -0.3 is 9.47 Å². The molecule has 8 nitrogen and oxygen atoms in total. The van der Waals surface area contributed by atoms with Gasteiger partial charge in [-0.05, 0) is 59.1 Å². The van der Waals surface area contributed by atoms with Crippen LogP contribution in [0.15, 0.2) is 48.5 Å². The third kappa shape index (κ3) is 9.98. The third-order valence-electron chi connectivity index (χ3n) is 2.86. The van der Waals surface area contributed by atoms with Crippen molar-refractivity contribution in [2.75, 3.05) is 14.2 Å². The Morgan fingerprint density at radius 1 is 0.679 bits per heavy atom. The average molecular weight is 505 g/mol. The van der Waals surface area contributed by atoms with Crippen molar-refractivity contribution in [1.82, 2.24) is 0 Å². The van der Waals surface area contributed by atoms with Crippen LogP contribution in [0.2, 0.25) is 0 Å². The van der Waals surface area contributed by atoms with Crippen LogP contribution in [-0.4, -0.2) is 40.8 Å². The lowest BCUT2D eigenvalue weighted by atomic mass is 10.3. The second-order valence-electron chi connectivity index (χ2n) is 4.54. The van der Waals surface area contributed by atoms with Crippen molar-refractivity contribution < 1.29 is 36.1 Å². The zero-order valence-electron chi connectivity index (χ0n) is 14.6. The van der Waals surface area contributed by atoms with Crippen molar-refractivity contribution in [3.63, 3.8) is 0 Å². The summed E-state index contributed by atoms with van der Waals surface area (Å²) in [4.78, 5) is 0. The Hall–Kier alpha value is -0.260. The van der Waals surface area contributed by atoms with Gasteiger partial charge in [0.25, 0.3) is 22.7 Å². The highest BCUT2D eigenvalue weighted by molar-refractivity contribution is 9.37. The summed E-state index contributed by atoms with van der Waals surface area (Å²) in [6.07, 6.45) is -0.218. The van der Waals surface area contributed by atoms with Gasteiger partial charge in [0.1, 0.15) is 11.5 Å². The molecule has 3 rings (SSSR count). The van der Waals surface area contributed by atoms with E-state index in [0.29, 0.717) is 0 Å². The van der Waals surface area contributed by atoms with E-state index in [-0.39, 0.29) is 12.7 Å². The van der Waals surface area contributed by atoms with E-state index in [9.17, 15) is 0 Å². The Morgan fingerprint density at radius 2 is 0.929 bits per heavy atom. The Balaban J connectivity index is 0.000000420. The highest BCUT2D eigenvalue weighted by Crippen LogP contribution is 2.95. The van der Waals surface area contributed by atoms with E-state index in [1.807, 2.05) is 24.3 Å². The molecule has 2 aromatic carbocycles. The first-order valence-corrected chi connectivity index (χ1v) is 16.0. The van der Waals surface area contributed by atoms with Gasteiger partial charge in [0.15, 0.2) is 0 Å². The summed E-state index contributed by atoms with van der Waals surface area (Å²) in [7, 11) is 3.41. The molecule has 156 valence electrons. The number of hydrogen-bond acceptors (Lipinski definition) is 6. The quantitative estimate of drug-likeness (QED) is 0.356. The average Bonchev–Trinajstić information content (AvgIpc) is 2.61. The van der Waals surface area contributed by atoms with Crippen molar-refractivity contribution in [2.45, 2.75) is 0 Å². The van der Waals surface area contributed by atoms with Gasteiger partial charge in [0, 0.05) is 0 Å². The molecule has 4 N–H and O–H groups in total. The second-order valence-corrected chi connectivity index (χ2v) is 17.5. The predicted molar refractivity (Wildman–Crippen MR) is 121 cm³/mol. The monoisotopic (exact) mass is 504 g/mol. The number of methoxy groups -OCH3 is 2. The van der Waals surface area contributed by atoms with Crippen molar-refractivity contribution in [3.05, 3.63) is 48.5 Å². The normalized spacial score (nSPS) is 17.6. The Kier molecular flexibility index (Phi) is 12.8. The van der Waals surface area contributed by atoms with E-state index < -0.39 is 22.7 Å². The molecular weight excluding hydrogens is 486 g/mol. The van der Waals surface area contributed by atoms with Crippen LogP contribution in [-0.2, 0) is 22.7 Å². The van der Waals surface area contributed by atoms with Crippen LogP contribution in [0.4, 0.5) is 0 Å². The SMILES string of the molecule is COc1ccc(P2SP(c3ccc(OC)cc3)S2)cc1.O=S(O)O.O=S(O)O. The van der Waals surface area contributed by atoms with E-state index in [1.165, 1.54) is 10.6 Å². The topological polar surface area (TPSA) is 134 Å². The first kappa shape index (κ1) is 25.8. The maximum Gasteiger partial charge on any atom is 0.299 e. The molecule has 0 radical (unpaired) electrons. The molecule has 1 heterocycles. The summed E-state index contributed by atoms with van der Waals surface area (Å²) >= 11 is -0.987. The lowest BCUT2D eigenvalue weighted by Crippen LogP contribution is -2.03. The molecule has 0 atom stereocenters. The van der Waals surface area contributed by atoms with Gasteiger partial charge in [-0.15, -0.1) is 0 Å². The summed E-state index contributed by atoms with van der Waals surface area (Å²) in [6, 6.07) is 16.9. The van der Waals surface area contributed by atoms with Crippen molar-refractivity contribution in [2.24, 2.45) is 0 Å². The minimum absolute atomic E-state index is 0.109. The smallest absolute Gasteiger partial charge is 0.299 e. The molecule has 0 bridgehead atoms. The molecule has 0 aromatic heterocycles. The third-order valence-corrected chi connectivity index (χ3v) is 21.7. The number of rotatable bonds is 4. The van der Waals surface area contributed by atoms with Gasteiger partial charge in [0.2, 0.25) is 0 Å². The predicted octanol–water partition coefficient (Wildman–Crippen LogP) is 4.12. The molecule has 0 saturated carbocycles. The minimum Gasteiger partial charge on any atom is -0.497 e. The fourth-order valence-electron chi connectivity index (χ4n) is 1.74. The number of benzene rings is 2. The highest BCUT2D eigenvalue weighted by Gasteiger charge is 2.33. The van der Waals surface area contributed by atoms with Crippen LogP contribution in [0.5, 0.6) is 11.5 Å². The number of ether oxygens (including phenoxy) is 2. The summed E-state index contributed by atoms with van der Waals surface area (Å²) in [5.74, 6) is 1.85. The summed E-state index contributed by atoms with van der Waals surface area (Å²) in [5.41, 5.74) is 0. The van der Waals surface area contributed by atoms with Crippen molar-refractivity contribution in [1.29, 1.82) is 0 Å². The standard InChI is InChI=1S/C14H14O2P2S2.2H2O3S/c1-15-11-3-7-13(8-4-11)17-19-18(20-17)14-9-5-12(16-2)6-10-14;2*1-4(2)3/h3-10H,1-2H3;2*(H2,1,2,3).